The summed E-state index contributed by atoms with van der Waals surface area (Å²) in [7, 11) is 0. The Bertz CT molecular complexity index is 1120. The van der Waals surface area contributed by atoms with Crippen molar-refractivity contribution in [2.45, 2.75) is 6.36 Å². The molecule has 0 radical (unpaired) electrons. The number of nitrogens with zero attached hydrogens (tertiary/aromatic N) is 2. The van der Waals surface area contributed by atoms with Gasteiger partial charge in [-0.3, -0.25) is 10.9 Å². The molecule has 3 aromatic rings. The molecule has 2 aromatic carbocycles. The number of hydrogen-bond donors (Lipinski definition) is 4. The molecule has 0 aliphatic carbocycles. The first kappa shape index (κ1) is 23.8. The Hall–Kier alpha value is -3.81. The van der Waals surface area contributed by atoms with Gasteiger partial charge in [0.2, 0.25) is 5.95 Å². The third-order valence-corrected chi connectivity index (χ3v) is 3.91. The molecule has 0 bridgehead atoms. The molecule has 0 spiro atoms. The minimum atomic E-state index is -4.93. The largest absolute Gasteiger partial charge is 0.573 e. The highest BCUT2D eigenvalue weighted by Crippen LogP contribution is 2.29. The molecule has 0 unspecified atom stereocenters. The summed E-state index contributed by atoms with van der Waals surface area (Å²) in [6.45, 7) is -0.325. The monoisotopic (exact) mass is 477 g/mol. The van der Waals surface area contributed by atoms with Gasteiger partial charge >= 0.3 is 6.36 Å². The van der Waals surface area contributed by atoms with Crippen LogP contribution in [0.15, 0.2) is 36.4 Å². The molecule has 0 saturated heterocycles. The number of aliphatic hydroxyl groups excluding tert-OH is 1. The SMILES string of the molecule is OCCNc1nc(NNc2c(F)c(F)cc(F)c2F)cc(-c2cccc(OC(F)(F)F)c2)n1. The van der Waals surface area contributed by atoms with Crippen molar-refractivity contribution in [2.24, 2.45) is 0 Å². The van der Waals surface area contributed by atoms with Crippen molar-refractivity contribution in [1.29, 1.82) is 0 Å². The van der Waals surface area contributed by atoms with Gasteiger partial charge in [0.1, 0.15) is 11.4 Å². The predicted molar refractivity (Wildman–Crippen MR) is 103 cm³/mol. The highest BCUT2D eigenvalue weighted by Gasteiger charge is 2.31. The van der Waals surface area contributed by atoms with Crippen LogP contribution in [0, 0.1) is 23.3 Å². The van der Waals surface area contributed by atoms with E-state index in [1.807, 2.05) is 5.43 Å². The summed E-state index contributed by atoms with van der Waals surface area (Å²) < 4.78 is 95.9. The molecule has 0 fully saturated rings. The van der Waals surface area contributed by atoms with Crippen LogP contribution in [0.5, 0.6) is 5.75 Å². The first-order valence-electron chi connectivity index (χ1n) is 9.02. The van der Waals surface area contributed by atoms with Gasteiger partial charge in [0.05, 0.1) is 12.3 Å². The zero-order valence-corrected chi connectivity index (χ0v) is 16.3. The number of hydrazine groups is 1. The van der Waals surface area contributed by atoms with E-state index in [9.17, 15) is 30.7 Å². The lowest BCUT2D eigenvalue weighted by molar-refractivity contribution is -0.274. The first-order valence-corrected chi connectivity index (χ1v) is 9.02. The second-order valence-corrected chi connectivity index (χ2v) is 6.28. The van der Waals surface area contributed by atoms with Crippen molar-refractivity contribution < 1.29 is 40.6 Å². The van der Waals surface area contributed by atoms with Gasteiger partial charge in [-0.2, -0.15) is 4.98 Å². The van der Waals surface area contributed by atoms with E-state index in [2.05, 4.69) is 25.4 Å². The topological polar surface area (TPSA) is 91.3 Å². The molecule has 0 atom stereocenters. The van der Waals surface area contributed by atoms with E-state index < -0.39 is 41.1 Å². The lowest BCUT2D eigenvalue weighted by Gasteiger charge is -2.14. The van der Waals surface area contributed by atoms with Crippen molar-refractivity contribution in [1.82, 2.24) is 9.97 Å². The van der Waals surface area contributed by atoms with Crippen LogP contribution in [-0.4, -0.2) is 34.6 Å². The molecule has 7 nitrogen and oxygen atoms in total. The van der Waals surface area contributed by atoms with E-state index >= 15 is 0 Å². The summed E-state index contributed by atoms with van der Waals surface area (Å²) in [5, 5.41) is 11.6. The van der Waals surface area contributed by atoms with E-state index in [1.165, 1.54) is 18.2 Å². The summed E-state index contributed by atoms with van der Waals surface area (Å²) in [5.41, 5.74) is 3.22. The molecule has 4 N–H and O–H groups in total. The van der Waals surface area contributed by atoms with Gasteiger partial charge in [0.15, 0.2) is 29.1 Å². The Kier molecular flexibility index (Phi) is 7.06. The van der Waals surface area contributed by atoms with E-state index in [-0.39, 0.29) is 42.2 Å². The number of rotatable bonds is 8. The molecule has 1 aromatic heterocycles. The molecule has 0 amide bonds. The van der Waals surface area contributed by atoms with Crippen LogP contribution in [0.3, 0.4) is 0 Å². The van der Waals surface area contributed by atoms with Crippen LogP contribution in [0.4, 0.5) is 48.2 Å². The summed E-state index contributed by atoms with van der Waals surface area (Å²) in [4.78, 5) is 8.04. The quantitative estimate of drug-likeness (QED) is 0.217. The third-order valence-electron chi connectivity index (χ3n) is 3.91. The Balaban J connectivity index is 1.94. The maximum atomic E-state index is 13.9. The number of hydrogen-bond acceptors (Lipinski definition) is 7. The Morgan fingerprint density at radius 1 is 0.909 bits per heavy atom. The Morgan fingerprint density at radius 2 is 1.61 bits per heavy atom. The summed E-state index contributed by atoms with van der Waals surface area (Å²) in [6, 6.07) is 5.98. The molecule has 0 aliphatic heterocycles. The third kappa shape index (κ3) is 6.12. The molecule has 0 saturated carbocycles. The smallest absolute Gasteiger partial charge is 0.406 e. The standard InChI is InChI=1S/C19H14F7N5O2/c20-11-7-12(21)16(23)17(15(11)22)31-30-14-8-13(28-18(29-14)27-4-5-32)9-2-1-3-10(6-9)33-19(24,25)26/h1-3,6-8,31-32H,4-5H2,(H2,27,28,29,30). The number of nitrogens with one attached hydrogen (secondary N) is 3. The number of anilines is 3. The fourth-order valence-electron chi connectivity index (χ4n) is 2.57. The fourth-order valence-corrected chi connectivity index (χ4v) is 2.57. The van der Waals surface area contributed by atoms with Gasteiger partial charge in [-0.05, 0) is 12.1 Å². The van der Waals surface area contributed by atoms with E-state index in [4.69, 9.17) is 5.11 Å². The number of aliphatic hydroxyl groups is 1. The zero-order chi connectivity index (χ0) is 24.2. The second-order valence-electron chi connectivity index (χ2n) is 6.28. The van der Waals surface area contributed by atoms with Gasteiger partial charge in [0.25, 0.3) is 0 Å². The minimum Gasteiger partial charge on any atom is -0.406 e. The second kappa shape index (κ2) is 9.77. The molecular weight excluding hydrogens is 463 g/mol. The number of ether oxygens (including phenoxy) is 1. The van der Waals surface area contributed by atoms with Crippen LogP contribution in [0.2, 0.25) is 0 Å². The molecule has 0 aliphatic rings. The molecule has 1 heterocycles. The van der Waals surface area contributed by atoms with Gasteiger partial charge in [-0.15, -0.1) is 13.2 Å². The van der Waals surface area contributed by atoms with Gasteiger partial charge in [-0.1, -0.05) is 12.1 Å². The Morgan fingerprint density at radius 3 is 2.24 bits per heavy atom. The lowest BCUT2D eigenvalue weighted by atomic mass is 10.1. The van der Waals surface area contributed by atoms with Crippen LogP contribution in [0.1, 0.15) is 0 Å². The minimum absolute atomic E-state index is 0.00803. The van der Waals surface area contributed by atoms with Crippen molar-refractivity contribution in [3.63, 3.8) is 0 Å². The predicted octanol–water partition coefficient (Wildman–Crippen LogP) is 4.44. The fraction of sp³-hybridized carbons (Fsp3) is 0.158. The number of aromatic nitrogens is 2. The average molecular weight is 477 g/mol. The van der Waals surface area contributed by atoms with Gasteiger partial charge in [-0.25, -0.2) is 22.5 Å². The molecular formula is C19H14F7N5O2. The maximum absolute atomic E-state index is 13.9. The van der Waals surface area contributed by atoms with Gasteiger partial charge < -0.3 is 15.2 Å². The average Bonchev–Trinajstić information content (AvgIpc) is 2.75. The normalized spacial score (nSPS) is 11.3. The van der Waals surface area contributed by atoms with E-state index in [1.54, 1.807) is 0 Å². The first-order chi connectivity index (χ1) is 15.6. The summed E-state index contributed by atoms with van der Waals surface area (Å²) in [6.07, 6.45) is -4.93. The Labute approximate surface area is 181 Å². The summed E-state index contributed by atoms with van der Waals surface area (Å²) >= 11 is 0. The molecule has 3 rings (SSSR count). The highest BCUT2D eigenvalue weighted by molar-refractivity contribution is 5.66. The van der Waals surface area contributed by atoms with Crippen LogP contribution < -0.4 is 20.9 Å². The maximum Gasteiger partial charge on any atom is 0.573 e. The molecule has 176 valence electrons. The van der Waals surface area contributed by atoms with Crippen molar-refractivity contribution in [3.05, 3.63) is 59.7 Å². The number of benzene rings is 2. The molecule has 33 heavy (non-hydrogen) atoms. The lowest BCUT2D eigenvalue weighted by Crippen LogP contribution is -2.17. The highest BCUT2D eigenvalue weighted by atomic mass is 19.4. The van der Waals surface area contributed by atoms with E-state index in [0.717, 1.165) is 12.1 Å². The van der Waals surface area contributed by atoms with Crippen LogP contribution >= 0.6 is 0 Å². The summed E-state index contributed by atoms with van der Waals surface area (Å²) in [5.74, 6) is -7.54. The van der Waals surface area contributed by atoms with Crippen molar-refractivity contribution in [3.8, 4) is 17.0 Å². The number of halogens is 7. The number of alkyl halides is 3. The van der Waals surface area contributed by atoms with Gasteiger partial charge in [0, 0.05) is 24.2 Å². The van der Waals surface area contributed by atoms with Crippen LogP contribution in [0.25, 0.3) is 11.3 Å². The van der Waals surface area contributed by atoms with E-state index in [0.29, 0.717) is 0 Å². The van der Waals surface area contributed by atoms with Crippen molar-refractivity contribution >= 4 is 17.5 Å². The zero-order valence-electron chi connectivity index (χ0n) is 16.3. The molecule has 14 heteroatoms. The van der Waals surface area contributed by atoms with Crippen molar-refractivity contribution in [2.75, 3.05) is 29.3 Å². The van der Waals surface area contributed by atoms with Crippen LogP contribution in [-0.2, 0) is 0 Å².